The van der Waals surface area contributed by atoms with Crippen LogP contribution in [0.15, 0.2) is 18.2 Å². The van der Waals surface area contributed by atoms with Crippen molar-refractivity contribution in [3.63, 3.8) is 0 Å². The Morgan fingerprint density at radius 3 is 2.76 bits per heavy atom. The Bertz CT molecular complexity index is 642. The van der Waals surface area contributed by atoms with Crippen molar-refractivity contribution in [1.82, 2.24) is 4.31 Å². The van der Waals surface area contributed by atoms with Gasteiger partial charge in [-0.2, -0.15) is 4.31 Å². The predicted octanol–water partition coefficient (Wildman–Crippen LogP) is 0.866. The minimum atomic E-state index is -3.36. The van der Waals surface area contributed by atoms with Crippen molar-refractivity contribution < 1.29 is 17.9 Å². The van der Waals surface area contributed by atoms with Crippen molar-refractivity contribution in [3.05, 3.63) is 23.8 Å². The minimum Gasteiger partial charge on any atom is -0.497 e. The summed E-state index contributed by atoms with van der Waals surface area (Å²) in [5.74, 6) is 0.547. The molecule has 0 bridgehead atoms. The fraction of sp³-hybridized carbons (Fsp3) is 0.500. The topological polar surface area (TPSA) is 66.9 Å². The number of hydrogen-bond acceptors (Lipinski definition) is 4. The highest BCUT2D eigenvalue weighted by molar-refractivity contribution is 7.88. The molecule has 0 aliphatic carbocycles. The first kappa shape index (κ1) is 15.8. The first-order valence-corrected chi connectivity index (χ1v) is 8.56. The molecule has 0 aromatic heterocycles. The van der Waals surface area contributed by atoms with Crippen LogP contribution in [0.1, 0.15) is 12.0 Å². The van der Waals surface area contributed by atoms with Crippen LogP contribution in [-0.2, 0) is 21.2 Å². The smallest absolute Gasteiger partial charge is 0.242 e. The number of carbonyl (C=O) groups excluding carboxylic acids is 1. The predicted molar refractivity (Wildman–Crippen MR) is 81.1 cm³/mol. The molecule has 116 valence electrons. The Balaban J connectivity index is 2.21. The van der Waals surface area contributed by atoms with E-state index >= 15 is 0 Å². The SMILES string of the molecule is COc1ccc2c(c1)CCCN2C(=O)CN(C)S(C)(=O)=O. The normalized spacial score (nSPS) is 15.0. The minimum absolute atomic E-state index is 0.149. The fourth-order valence-corrected chi connectivity index (χ4v) is 2.70. The summed E-state index contributed by atoms with van der Waals surface area (Å²) in [5.41, 5.74) is 1.89. The summed E-state index contributed by atoms with van der Waals surface area (Å²) in [6, 6.07) is 5.59. The number of nitrogens with zero attached hydrogens (tertiary/aromatic N) is 2. The summed E-state index contributed by atoms with van der Waals surface area (Å²) in [5, 5.41) is 0. The van der Waals surface area contributed by atoms with E-state index in [1.165, 1.54) is 7.05 Å². The zero-order valence-electron chi connectivity index (χ0n) is 12.5. The Kier molecular flexibility index (Phi) is 4.53. The highest BCUT2D eigenvalue weighted by Gasteiger charge is 2.25. The lowest BCUT2D eigenvalue weighted by molar-refractivity contribution is -0.118. The first-order valence-electron chi connectivity index (χ1n) is 6.71. The van der Waals surface area contributed by atoms with Gasteiger partial charge in [-0.05, 0) is 36.6 Å². The molecule has 1 amide bonds. The molecule has 0 saturated carbocycles. The van der Waals surface area contributed by atoms with Crippen LogP contribution in [0.25, 0.3) is 0 Å². The van der Waals surface area contributed by atoms with Gasteiger partial charge in [0.05, 0.1) is 19.9 Å². The second-order valence-electron chi connectivity index (χ2n) is 5.16. The number of aryl methyl sites for hydroxylation is 1. The second kappa shape index (κ2) is 6.03. The lowest BCUT2D eigenvalue weighted by Gasteiger charge is -2.30. The molecular formula is C14H20N2O4S. The Labute approximate surface area is 125 Å². The molecule has 0 spiro atoms. The molecule has 1 heterocycles. The molecule has 6 nitrogen and oxygen atoms in total. The molecule has 1 aliphatic rings. The van der Waals surface area contributed by atoms with Crippen molar-refractivity contribution >= 4 is 21.6 Å². The van der Waals surface area contributed by atoms with Gasteiger partial charge in [0.2, 0.25) is 15.9 Å². The molecule has 2 rings (SSSR count). The molecule has 1 aromatic rings. The zero-order valence-corrected chi connectivity index (χ0v) is 13.3. The number of ether oxygens (including phenoxy) is 1. The van der Waals surface area contributed by atoms with Gasteiger partial charge in [0.1, 0.15) is 5.75 Å². The quantitative estimate of drug-likeness (QED) is 0.827. The van der Waals surface area contributed by atoms with E-state index in [9.17, 15) is 13.2 Å². The van der Waals surface area contributed by atoms with Crippen molar-refractivity contribution in [3.8, 4) is 5.75 Å². The highest BCUT2D eigenvalue weighted by Crippen LogP contribution is 2.30. The standard InChI is InChI=1S/C14H20N2O4S/c1-15(21(3,18)19)10-14(17)16-8-4-5-11-9-12(20-2)6-7-13(11)16/h6-7,9H,4-5,8,10H2,1-3H3. The summed E-state index contributed by atoms with van der Waals surface area (Å²) in [4.78, 5) is 14.0. The third-order valence-corrected chi connectivity index (χ3v) is 4.89. The molecule has 0 saturated heterocycles. The molecule has 0 fully saturated rings. The number of carbonyl (C=O) groups is 1. The second-order valence-corrected chi connectivity index (χ2v) is 7.25. The van der Waals surface area contributed by atoms with E-state index in [1.54, 1.807) is 12.0 Å². The first-order chi connectivity index (χ1) is 9.82. The van der Waals surface area contributed by atoms with Gasteiger partial charge in [-0.3, -0.25) is 4.79 Å². The number of anilines is 1. The van der Waals surface area contributed by atoms with E-state index in [4.69, 9.17) is 4.74 Å². The van der Waals surface area contributed by atoms with Gasteiger partial charge in [-0.25, -0.2) is 8.42 Å². The van der Waals surface area contributed by atoms with Crippen molar-refractivity contribution in [2.45, 2.75) is 12.8 Å². The van der Waals surface area contributed by atoms with E-state index in [1.807, 2.05) is 18.2 Å². The van der Waals surface area contributed by atoms with Gasteiger partial charge >= 0.3 is 0 Å². The molecule has 0 radical (unpaired) electrons. The fourth-order valence-electron chi connectivity index (χ4n) is 2.35. The number of fused-ring (bicyclic) bond motifs is 1. The largest absolute Gasteiger partial charge is 0.497 e. The molecule has 1 aliphatic heterocycles. The van der Waals surface area contributed by atoms with Crippen LogP contribution in [0.4, 0.5) is 5.69 Å². The van der Waals surface area contributed by atoms with Crippen LogP contribution < -0.4 is 9.64 Å². The number of amides is 1. The van der Waals surface area contributed by atoms with E-state index in [2.05, 4.69) is 0 Å². The Morgan fingerprint density at radius 1 is 1.43 bits per heavy atom. The number of sulfonamides is 1. The van der Waals surface area contributed by atoms with Gasteiger partial charge in [0.15, 0.2) is 0 Å². The van der Waals surface area contributed by atoms with Crippen LogP contribution in [-0.4, -0.2) is 52.1 Å². The lowest BCUT2D eigenvalue weighted by Crippen LogP contribution is -2.43. The summed E-state index contributed by atoms with van der Waals surface area (Å²) < 4.78 is 29.1. The number of methoxy groups -OCH3 is 1. The molecule has 1 aromatic carbocycles. The maximum atomic E-state index is 12.4. The van der Waals surface area contributed by atoms with Crippen LogP contribution in [0, 0.1) is 0 Å². The summed E-state index contributed by atoms with van der Waals surface area (Å²) >= 11 is 0. The van der Waals surface area contributed by atoms with Crippen LogP contribution >= 0.6 is 0 Å². The van der Waals surface area contributed by atoms with Crippen LogP contribution in [0.3, 0.4) is 0 Å². The maximum Gasteiger partial charge on any atom is 0.242 e. The summed E-state index contributed by atoms with van der Waals surface area (Å²) in [6.07, 6.45) is 2.84. The average molecular weight is 312 g/mol. The van der Waals surface area contributed by atoms with Gasteiger partial charge in [-0.15, -0.1) is 0 Å². The molecule has 0 N–H and O–H groups in total. The van der Waals surface area contributed by atoms with Crippen molar-refractivity contribution in [2.24, 2.45) is 0 Å². The van der Waals surface area contributed by atoms with E-state index in [0.717, 1.165) is 40.4 Å². The van der Waals surface area contributed by atoms with Gasteiger partial charge < -0.3 is 9.64 Å². The summed E-state index contributed by atoms with van der Waals surface area (Å²) in [7, 11) is -0.344. The molecule has 0 unspecified atom stereocenters. The zero-order chi connectivity index (χ0) is 15.6. The van der Waals surface area contributed by atoms with Gasteiger partial charge in [-0.1, -0.05) is 0 Å². The Hall–Kier alpha value is -1.60. The van der Waals surface area contributed by atoms with Crippen molar-refractivity contribution in [2.75, 3.05) is 38.4 Å². The van der Waals surface area contributed by atoms with E-state index < -0.39 is 10.0 Å². The van der Waals surface area contributed by atoms with Gasteiger partial charge in [0.25, 0.3) is 0 Å². The third-order valence-electron chi connectivity index (χ3n) is 3.63. The molecule has 7 heteroatoms. The lowest BCUT2D eigenvalue weighted by atomic mass is 10.0. The molecule has 0 atom stereocenters. The maximum absolute atomic E-state index is 12.4. The highest BCUT2D eigenvalue weighted by atomic mass is 32.2. The number of hydrogen-bond donors (Lipinski definition) is 0. The van der Waals surface area contributed by atoms with E-state index in [-0.39, 0.29) is 12.5 Å². The van der Waals surface area contributed by atoms with Crippen molar-refractivity contribution in [1.29, 1.82) is 0 Å². The monoisotopic (exact) mass is 312 g/mol. The van der Waals surface area contributed by atoms with E-state index in [0.29, 0.717) is 6.54 Å². The third kappa shape index (κ3) is 3.54. The molecular weight excluding hydrogens is 292 g/mol. The average Bonchev–Trinajstić information content (AvgIpc) is 2.44. The van der Waals surface area contributed by atoms with Crippen LogP contribution in [0.5, 0.6) is 5.75 Å². The Morgan fingerprint density at radius 2 is 2.14 bits per heavy atom. The number of likely N-dealkylation sites (N-methyl/N-ethyl adjacent to an activating group) is 1. The number of benzene rings is 1. The van der Waals surface area contributed by atoms with Crippen LogP contribution in [0.2, 0.25) is 0 Å². The number of rotatable bonds is 4. The molecule has 21 heavy (non-hydrogen) atoms. The van der Waals surface area contributed by atoms with Gasteiger partial charge in [0, 0.05) is 19.3 Å². The summed E-state index contributed by atoms with van der Waals surface area (Å²) in [6.45, 7) is 0.458.